The van der Waals surface area contributed by atoms with Gasteiger partial charge in [0.1, 0.15) is 0 Å². The van der Waals surface area contributed by atoms with Crippen LogP contribution in [0.2, 0.25) is 0 Å². The van der Waals surface area contributed by atoms with Crippen LogP contribution in [0.1, 0.15) is 13.8 Å². The first kappa shape index (κ1) is 10.8. The van der Waals surface area contributed by atoms with Crippen molar-refractivity contribution >= 4 is 11.8 Å². The van der Waals surface area contributed by atoms with E-state index in [4.69, 9.17) is 0 Å². The van der Waals surface area contributed by atoms with Gasteiger partial charge in [-0.3, -0.25) is 0 Å². The highest BCUT2D eigenvalue weighted by Crippen LogP contribution is 2.23. The molecule has 2 heteroatoms. The van der Waals surface area contributed by atoms with Gasteiger partial charge in [-0.2, -0.15) is 0 Å². The Labute approximate surface area is 73.2 Å². The second-order valence-electron chi connectivity index (χ2n) is 2.84. The molecule has 0 aliphatic heterocycles. The highest BCUT2D eigenvalue weighted by molar-refractivity contribution is 8.02. The fraction of sp³-hybridized carbons (Fsp3) is 0.556. The van der Waals surface area contributed by atoms with E-state index in [1.54, 1.807) is 0 Å². The molecule has 0 aliphatic rings. The van der Waals surface area contributed by atoms with E-state index in [1.807, 2.05) is 20.1 Å². The Morgan fingerprint density at radius 2 is 1.82 bits per heavy atom. The van der Waals surface area contributed by atoms with Crippen molar-refractivity contribution in [1.82, 2.24) is 0 Å². The fourth-order valence-corrected chi connectivity index (χ4v) is 1.08. The van der Waals surface area contributed by atoms with Crippen molar-refractivity contribution in [2.45, 2.75) is 20.0 Å². The number of hydrogen-bond donors (Lipinski definition) is 1. The lowest BCUT2D eigenvalue weighted by molar-refractivity contribution is 0.164. The number of aliphatic hydroxyl groups is 1. The lowest BCUT2D eigenvalue weighted by atomic mass is 10.0. The highest BCUT2D eigenvalue weighted by Gasteiger charge is 2.14. The van der Waals surface area contributed by atoms with Crippen LogP contribution in [0, 0.1) is 5.92 Å². The summed E-state index contributed by atoms with van der Waals surface area (Å²) in [6.07, 6.45) is 1.48. The van der Waals surface area contributed by atoms with Gasteiger partial charge in [-0.15, -0.1) is 11.8 Å². The van der Waals surface area contributed by atoms with Crippen molar-refractivity contribution in [2.24, 2.45) is 5.92 Å². The topological polar surface area (TPSA) is 20.2 Å². The van der Waals surface area contributed by atoms with Gasteiger partial charge < -0.3 is 5.11 Å². The molecule has 0 spiro atoms. The Hall–Kier alpha value is -0.210. The first-order chi connectivity index (χ1) is 5.00. The smallest absolute Gasteiger partial charge is 0.0817 e. The Kier molecular flexibility index (Phi) is 4.54. The maximum Gasteiger partial charge on any atom is 0.0817 e. The molecule has 0 aromatic rings. The second kappa shape index (κ2) is 4.62. The Morgan fingerprint density at radius 3 is 2.09 bits per heavy atom. The molecule has 1 atom stereocenters. The molecule has 0 fully saturated rings. The van der Waals surface area contributed by atoms with Crippen molar-refractivity contribution < 1.29 is 5.11 Å². The van der Waals surface area contributed by atoms with Crippen LogP contribution in [0.25, 0.3) is 0 Å². The molecule has 0 rings (SSSR count). The third-order valence-corrected chi connectivity index (χ3v) is 2.35. The molecular weight excluding hydrogens is 156 g/mol. The van der Waals surface area contributed by atoms with Crippen molar-refractivity contribution in [3.05, 3.63) is 23.6 Å². The number of rotatable bonds is 4. The van der Waals surface area contributed by atoms with Crippen molar-refractivity contribution in [2.75, 3.05) is 6.26 Å². The van der Waals surface area contributed by atoms with Gasteiger partial charge in [0.05, 0.1) is 6.10 Å². The van der Waals surface area contributed by atoms with E-state index in [0.717, 1.165) is 10.5 Å². The molecular formula is C9H16OS. The second-order valence-corrected chi connectivity index (χ2v) is 3.74. The van der Waals surface area contributed by atoms with Gasteiger partial charge in [0.25, 0.3) is 0 Å². The maximum absolute atomic E-state index is 9.52. The minimum atomic E-state index is -0.449. The molecule has 0 radical (unpaired) electrons. The van der Waals surface area contributed by atoms with Gasteiger partial charge in [-0.25, -0.2) is 0 Å². The van der Waals surface area contributed by atoms with E-state index >= 15 is 0 Å². The maximum atomic E-state index is 9.52. The minimum absolute atomic E-state index is 0.214. The van der Waals surface area contributed by atoms with Crippen molar-refractivity contribution in [3.63, 3.8) is 0 Å². The van der Waals surface area contributed by atoms with E-state index < -0.39 is 6.10 Å². The molecule has 0 saturated carbocycles. The molecule has 0 saturated heterocycles. The molecule has 0 aliphatic carbocycles. The molecule has 1 nitrogen and oxygen atoms in total. The predicted octanol–water partition coefficient (Wildman–Crippen LogP) is 2.44. The first-order valence-electron chi connectivity index (χ1n) is 3.60. The normalized spacial score (nSPS) is 13.2. The summed E-state index contributed by atoms with van der Waals surface area (Å²) in [6.45, 7) is 11.5. The van der Waals surface area contributed by atoms with E-state index in [2.05, 4.69) is 13.2 Å². The molecule has 1 unspecified atom stereocenters. The Bertz CT molecular complexity index is 161. The van der Waals surface area contributed by atoms with Gasteiger partial charge in [-0.1, -0.05) is 27.0 Å². The van der Waals surface area contributed by atoms with Crippen molar-refractivity contribution in [1.29, 1.82) is 0 Å². The number of thioether (sulfide) groups is 1. The minimum Gasteiger partial charge on any atom is -0.388 e. The third kappa shape index (κ3) is 3.12. The molecule has 0 aromatic heterocycles. The van der Waals surface area contributed by atoms with Crippen LogP contribution < -0.4 is 0 Å². The molecule has 0 bridgehead atoms. The molecule has 1 N–H and O–H groups in total. The average Bonchev–Trinajstić information content (AvgIpc) is 2.00. The summed E-state index contributed by atoms with van der Waals surface area (Å²) in [5.41, 5.74) is 0.743. The average molecular weight is 172 g/mol. The SMILES string of the molecule is C=C(SC)C(=C)C(O)C(C)C. The third-order valence-electron chi connectivity index (χ3n) is 1.59. The largest absolute Gasteiger partial charge is 0.388 e. The van der Waals surface area contributed by atoms with Crippen LogP contribution in [-0.4, -0.2) is 17.5 Å². The molecule has 0 aromatic carbocycles. The fourth-order valence-electron chi connectivity index (χ4n) is 0.698. The van der Waals surface area contributed by atoms with Crippen LogP contribution in [0.15, 0.2) is 23.6 Å². The number of hydrogen-bond acceptors (Lipinski definition) is 2. The standard InChI is InChI=1S/C9H16OS/c1-6(2)9(10)7(3)8(4)11-5/h6,9-10H,3-4H2,1-2,5H3. The lowest BCUT2D eigenvalue weighted by Crippen LogP contribution is -2.17. The highest BCUT2D eigenvalue weighted by atomic mass is 32.2. The summed E-state index contributed by atoms with van der Waals surface area (Å²) in [4.78, 5) is 0.867. The predicted molar refractivity (Wildman–Crippen MR) is 52.6 cm³/mol. The molecule has 0 heterocycles. The Balaban J connectivity index is 4.14. The van der Waals surface area contributed by atoms with Crippen LogP contribution in [0.3, 0.4) is 0 Å². The zero-order chi connectivity index (χ0) is 9.02. The quantitative estimate of drug-likeness (QED) is 0.657. The summed E-state index contributed by atoms with van der Waals surface area (Å²) in [6, 6.07) is 0. The van der Waals surface area contributed by atoms with Crippen LogP contribution >= 0.6 is 11.8 Å². The molecule has 11 heavy (non-hydrogen) atoms. The monoisotopic (exact) mass is 172 g/mol. The summed E-state index contributed by atoms with van der Waals surface area (Å²) in [7, 11) is 0. The first-order valence-corrected chi connectivity index (χ1v) is 4.83. The van der Waals surface area contributed by atoms with Gasteiger partial charge >= 0.3 is 0 Å². The lowest BCUT2D eigenvalue weighted by Gasteiger charge is -2.17. The van der Waals surface area contributed by atoms with Crippen molar-refractivity contribution in [3.8, 4) is 0 Å². The van der Waals surface area contributed by atoms with Gasteiger partial charge in [-0.05, 0) is 17.7 Å². The van der Waals surface area contributed by atoms with Gasteiger partial charge in [0, 0.05) is 4.91 Å². The summed E-state index contributed by atoms with van der Waals surface area (Å²) in [5.74, 6) is 0.214. The van der Waals surface area contributed by atoms with E-state index in [1.165, 1.54) is 11.8 Å². The van der Waals surface area contributed by atoms with Gasteiger partial charge in [0.2, 0.25) is 0 Å². The van der Waals surface area contributed by atoms with Crippen LogP contribution in [0.5, 0.6) is 0 Å². The van der Waals surface area contributed by atoms with Gasteiger partial charge in [0.15, 0.2) is 0 Å². The zero-order valence-corrected chi connectivity index (χ0v) is 8.24. The van der Waals surface area contributed by atoms with Crippen LogP contribution in [0.4, 0.5) is 0 Å². The Morgan fingerprint density at radius 1 is 1.36 bits per heavy atom. The van der Waals surface area contributed by atoms with E-state index in [9.17, 15) is 5.11 Å². The summed E-state index contributed by atoms with van der Waals surface area (Å²) in [5, 5.41) is 9.52. The summed E-state index contributed by atoms with van der Waals surface area (Å²) >= 11 is 1.52. The molecule has 0 amide bonds. The summed E-state index contributed by atoms with van der Waals surface area (Å²) < 4.78 is 0. The molecule has 64 valence electrons. The zero-order valence-electron chi connectivity index (χ0n) is 7.42. The number of aliphatic hydroxyl groups excluding tert-OH is 1. The van der Waals surface area contributed by atoms with E-state index in [-0.39, 0.29) is 5.92 Å². The van der Waals surface area contributed by atoms with Crippen LogP contribution in [-0.2, 0) is 0 Å². The van der Waals surface area contributed by atoms with E-state index in [0.29, 0.717) is 0 Å².